The minimum absolute atomic E-state index is 0.00951. The van der Waals surface area contributed by atoms with Gasteiger partial charge in [0.15, 0.2) is 0 Å². The van der Waals surface area contributed by atoms with Crippen molar-refractivity contribution in [2.75, 3.05) is 7.11 Å². The maximum absolute atomic E-state index is 12.0. The second kappa shape index (κ2) is 4.63. The third-order valence-electron chi connectivity index (χ3n) is 3.23. The molecule has 0 saturated heterocycles. The first-order chi connectivity index (χ1) is 7.99. The Labute approximate surface area is 113 Å². The maximum Gasteiger partial charge on any atom is 0.349 e. The molecule has 0 amide bonds. The summed E-state index contributed by atoms with van der Waals surface area (Å²) in [6.45, 7) is 0. The molecule has 2 rings (SSSR count). The third kappa shape index (κ3) is 1.90. The molecule has 0 bridgehead atoms. The molecule has 0 aliphatic heterocycles. The van der Waals surface area contributed by atoms with Crippen LogP contribution in [0.3, 0.4) is 0 Å². The van der Waals surface area contributed by atoms with Crippen LogP contribution >= 0.6 is 34.8 Å². The van der Waals surface area contributed by atoms with Gasteiger partial charge in [0, 0.05) is 16.5 Å². The van der Waals surface area contributed by atoms with Crippen LogP contribution in [0.5, 0.6) is 0 Å². The predicted molar refractivity (Wildman–Crippen MR) is 64.8 cm³/mol. The summed E-state index contributed by atoms with van der Waals surface area (Å²) < 4.78 is 4.51. The molecule has 0 aromatic carbocycles. The number of rotatable bonds is 1. The highest BCUT2D eigenvalue weighted by atomic mass is 35.5. The van der Waals surface area contributed by atoms with Gasteiger partial charge < -0.3 is 4.74 Å². The second-order valence-electron chi connectivity index (χ2n) is 4.00. The Bertz CT molecular complexity index is 465. The highest BCUT2D eigenvalue weighted by molar-refractivity contribution is 6.53. The fourth-order valence-corrected chi connectivity index (χ4v) is 3.06. The lowest BCUT2D eigenvalue weighted by Crippen LogP contribution is -2.37. The van der Waals surface area contributed by atoms with Gasteiger partial charge in [-0.2, -0.15) is 0 Å². The summed E-state index contributed by atoms with van der Waals surface area (Å²) in [4.78, 5) is 23.3. The number of ether oxygens (including phenoxy) is 1. The van der Waals surface area contributed by atoms with Gasteiger partial charge in [0.25, 0.3) is 0 Å². The lowest BCUT2D eigenvalue weighted by Gasteiger charge is -2.41. The molecule has 0 heterocycles. The van der Waals surface area contributed by atoms with Crippen LogP contribution in [0.15, 0.2) is 20.7 Å². The molecule has 92 valence electrons. The summed E-state index contributed by atoms with van der Waals surface area (Å²) in [5.41, 5.74) is 0.240. The van der Waals surface area contributed by atoms with Crippen molar-refractivity contribution < 1.29 is 14.3 Å². The standard InChI is InChI=1S/C11H9Cl3O3/c1-17-11(16)8(13)6-4-2-3-5(4)7(12)9(14)10(6)15/h4-5H,2-3H2,1H3/b8-6+/t4-,5+/m0/s1. The molecule has 2 atom stereocenters. The van der Waals surface area contributed by atoms with Crippen molar-refractivity contribution >= 4 is 46.6 Å². The van der Waals surface area contributed by atoms with Crippen molar-refractivity contribution in [1.29, 1.82) is 0 Å². The Kier molecular flexibility index (Phi) is 3.53. The number of carbonyl (C=O) groups is 2. The van der Waals surface area contributed by atoms with E-state index in [-0.39, 0.29) is 27.5 Å². The number of Topliss-reactive ketones (excluding diaryl/α,β-unsaturated/α-hetero) is 1. The molecular weight excluding hydrogens is 286 g/mol. The molecule has 0 radical (unpaired) electrons. The van der Waals surface area contributed by atoms with Crippen molar-refractivity contribution in [3.05, 3.63) is 20.7 Å². The normalized spacial score (nSPS) is 30.7. The third-order valence-corrected chi connectivity index (χ3v) is 4.52. The van der Waals surface area contributed by atoms with Crippen molar-refractivity contribution in [2.45, 2.75) is 12.8 Å². The van der Waals surface area contributed by atoms with E-state index in [4.69, 9.17) is 34.8 Å². The van der Waals surface area contributed by atoms with Gasteiger partial charge in [-0.25, -0.2) is 4.79 Å². The Hall–Kier alpha value is -0.510. The molecule has 2 aliphatic rings. The summed E-state index contributed by atoms with van der Waals surface area (Å²) in [7, 11) is 1.21. The van der Waals surface area contributed by atoms with E-state index in [1.807, 2.05) is 0 Å². The van der Waals surface area contributed by atoms with E-state index in [0.717, 1.165) is 12.8 Å². The Morgan fingerprint density at radius 3 is 2.35 bits per heavy atom. The largest absolute Gasteiger partial charge is 0.465 e. The SMILES string of the molecule is COC(=O)/C(Cl)=C1\C(=O)C(Cl)=C(Cl)[C@@H]2CC[C@H]12. The van der Waals surface area contributed by atoms with Crippen LogP contribution in [-0.4, -0.2) is 18.9 Å². The Balaban J connectivity index is 2.50. The topological polar surface area (TPSA) is 43.4 Å². The first-order valence-corrected chi connectivity index (χ1v) is 6.20. The number of hydrogen-bond donors (Lipinski definition) is 0. The van der Waals surface area contributed by atoms with E-state index >= 15 is 0 Å². The minimum atomic E-state index is -0.719. The van der Waals surface area contributed by atoms with Crippen LogP contribution in [-0.2, 0) is 14.3 Å². The summed E-state index contributed by atoms with van der Waals surface area (Å²) in [6.07, 6.45) is 1.63. The number of methoxy groups -OCH3 is 1. The van der Waals surface area contributed by atoms with Crippen LogP contribution in [0.4, 0.5) is 0 Å². The number of halogens is 3. The average molecular weight is 296 g/mol. The average Bonchev–Trinajstić information content (AvgIpc) is 2.28. The van der Waals surface area contributed by atoms with Crippen molar-refractivity contribution in [2.24, 2.45) is 11.8 Å². The Morgan fingerprint density at radius 1 is 1.29 bits per heavy atom. The summed E-state index contributed by atoms with van der Waals surface area (Å²) in [5.74, 6) is -1.28. The van der Waals surface area contributed by atoms with E-state index in [1.54, 1.807) is 0 Å². The number of esters is 1. The number of fused-ring (bicyclic) bond motifs is 1. The number of hydrogen-bond acceptors (Lipinski definition) is 3. The second-order valence-corrected chi connectivity index (χ2v) is 5.16. The number of allylic oxidation sites excluding steroid dienone is 3. The molecule has 1 saturated carbocycles. The highest BCUT2D eigenvalue weighted by Crippen LogP contribution is 2.52. The van der Waals surface area contributed by atoms with Gasteiger partial charge in [0.05, 0.1) is 7.11 Å². The lowest BCUT2D eigenvalue weighted by atomic mass is 9.65. The van der Waals surface area contributed by atoms with Gasteiger partial charge in [-0.05, 0) is 18.8 Å². The monoisotopic (exact) mass is 294 g/mol. The summed E-state index contributed by atoms with van der Waals surface area (Å²) >= 11 is 17.7. The van der Waals surface area contributed by atoms with Gasteiger partial charge in [-0.3, -0.25) is 4.79 Å². The van der Waals surface area contributed by atoms with Gasteiger partial charge in [0.1, 0.15) is 10.1 Å². The van der Waals surface area contributed by atoms with E-state index < -0.39 is 11.8 Å². The lowest BCUT2D eigenvalue weighted by molar-refractivity contribution is -0.135. The van der Waals surface area contributed by atoms with Crippen LogP contribution in [0.2, 0.25) is 0 Å². The molecule has 0 spiro atoms. The first-order valence-electron chi connectivity index (χ1n) is 5.06. The highest BCUT2D eigenvalue weighted by Gasteiger charge is 2.46. The first kappa shape index (κ1) is 12.9. The molecule has 17 heavy (non-hydrogen) atoms. The zero-order valence-electron chi connectivity index (χ0n) is 8.93. The van der Waals surface area contributed by atoms with E-state index in [0.29, 0.717) is 5.03 Å². The molecular formula is C11H9Cl3O3. The Morgan fingerprint density at radius 2 is 1.88 bits per heavy atom. The van der Waals surface area contributed by atoms with Gasteiger partial charge in [0.2, 0.25) is 5.78 Å². The quantitative estimate of drug-likeness (QED) is 0.552. The summed E-state index contributed by atoms with van der Waals surface area (Å²) in [5, 5.41) is 0.158. The molecule has 2 aliphatic carbocycles. The number of ketones is 1. The van der Waals surface area contributed by atoms with Crippen molar-refractivity contribution in [3.63, 3.8) is 0 Å². The minimum Gasteiger partial charge on any atom is -0.465 e. The van der Waals surface area contributed by atoms with Crippen LogP contribution in [0, 0.1) is 11.8 Å². The van der Waals surface area contributed by atoms with E-state index in [9.17, 15) is 9.59 Å². The van der Waals surface area contributed by atoms with Crippen molar-refractivity contribution in [1.82, 2.24) is 0 Å². The molecule has 1 fully saturated rings. The van der Waals surface area contributed by atoms with Crippen LogP contribution < -0.4 is 0 Å². The zero-order valence-corrected chi connectivity index (χ0v) is 11.2. The fourth-order valence-electron chi connectivity index (χ4n) is 2.17. The molecule has 0 aromatic rings. The van der Waals surface area contributed by atoms with Gasteiger partial charge in [-0.15, -0.1) is 0 Å². The fraction of sp³-hybridized carbons (Fsp3) is 0.455. The van der Waals surface area contributed by atoms with Gasteiger partial charge >= 0.3 is 5.97 Å². The number of carbonyl (C=O) groups excluding carboxylic acids is 2. The van der Waals surface area contributed by atoms with E-state index in [2.05, 4.69) is 4.74 Å². The predicted octanol–water partition coefficient (Wildman–Crippen LogP) is 2.95. The molecule has 3 nitrogen and oxygen atoms in total. The van der Waals surface area contributed by atoms with Crippen LogP contribution in [0.1, 0.15) is 12.8 Å². The molecule has 6 heteroatoms. The van der Waals surface area contributed by atoms with Gasteiger partial charge in [-0.1, -0.05) is 34.8 Å². The van der Waals surface area contributed by atoms with Crippen LogP contribution in [0.25, 0.3) is 0 Å². The molecule has 0 aromatic heterocycles. The summed E-state index contributed by atoms with van der Waals surface area (Å²) in [6, 6.07) is 0. The molecule has 0 unspecified atom stereocenters. The zero-order chi connectivity index (χ0) is 12.7. The molecule has 0 N–H and O–H groups in total. The van der Waals surface area contributed by atoms with Crippen molar-refractivity contribution in [3.8, 4) is 0 Å². The van der Waals surface area contributed by atoms with E-state index in [1.165, 1.54) is 7.11 Å². The maximum atomic E-state index is 12.0. The smallest absolute Gasteiger partial charge is 0.349 e.